The molecule has 5 nitrogen and oxygen atoms in total. The molecule has 6 heteroatoms. The highest BCUT2D eigenvalue weighted by molar-refractivity contribution is 7.09. The minimum absolute atomic E-state index is 0.0821. The molecular formula is C15H14N2O3S. The molecular weight excluding hydrogens is 288 g/mol. The molecule has 2 aromatic heterocycles. The zero-order chi connectivity index (χ0) is 15.0. The van der Waals surface area contributed by atoms with Gasteiger partial charge in [-0.3, -0.25) is 0 Å². The summed E-state index contributed by atoms with van der Waals surface area (Å²) in [5.74, 6) is 1.18. The molecule has 0 aliphatic carbocycles. The monoisotopic (exact) mass is 302 g/mol. The van der Waals surface area contributed by atoms with Crippen LogP contribution in [0.4, 0.5) is 0 Å². The van der Waals surface area contributed by atoms with Crippen molar-refractivity contribution in [1.82, 2.24) is 10.1 Å². The quantitative estimate of drug-likeness (QED) is 0.797. The number of nitrogens with zero attached hydrogens (tertiary/aromatic N) is 2. The van der Waals surface area contributed by atoms with Gasteiger partial charge >= 0.3 is 0 Å². The first kappa shape index (κ1) is 13.6. The van der Waals surface area contributed by atoms with Crippen molar-refractivity contribution in [2.24, 2.45) is 0 Å². The zero-order valence-electron chi connectivity index (χ0n) is 11.9. The summed E-state index contributed by atoms with van der Waals surface area (Å²) in [6.45, 7) is 3.80. The predicted octanol–water partition coefficient (Wildman–Crippen LogP) is 3.80. The van der Waals surface area contributed by atoms with Crippen LogP contribution < -0.4 is 4.74 Å². The minimum Gasteiger partial charge on any atom is -0.507 e. The molecule has 2 heterocycles. The SMILES string of the molecule is COc1ccc(-c2onc(C)c2-c2csc(C)n2)c(O)c1. The molecule has 0 bridgehead atoms. The van der Waals surface area contributed by atoms with Crippen LogP contribution in [0.15, 0.2) is 28.1 Å². The molecule has 0 amide bonds. The van der Waals surface area contributed by atoms with Gasteiger partial charge in [-0.2, -0.15) is 0 Å². The molecule has 21 heavy (non-hydrogen) atoms. The number of hydrogen-bond acceptors (Lipinski definition) is 6. The van der Waals surface area contributed by atoms with Crippen LogP contribution in [0, 0.1) is 13.8 Å². The van der Waals surface area contributed by atoms with E-state index in [-0.39, 0.29) is 5.75 Å². The Morgan fingerprint density at radius 3 is 2.71 bits per heavy atom. The van der Waals surface area contributed by atoms with Crippen molar-refractivity contribution in [2.75, 3.05) is 7.11 Å². The maximum atomic E-state index is 10.2. The third kappa shape index (κ3) is 2.38. The van der Waals surface area contributed by atoms with Gasteiger partial charge in [-0.15, -0.1) is 11.3 Å². The van der Waals surface area contributed by atoms with Gasteiger partial charge in [-0.1, -0.05) is 5.16 Å². The second-order valence-corrected chi connectivity index (χ2v) is 5.67. The number of aryl methyl sites for hydroxylation is 2. The molecule has 0 atom stereocenters. The highest BCUT2D eigenvalue weighted by atomic mass is 32.1. The van der Waals surface area contributed by atoms with Crippen LogP contribution in [0.25, 0.3) is 22.6 Å². The number of aromatic hydroxyl groups is 1. The number of thiazole rings is 1. The third-order valence-electron chi connectivity index (χ3n) is 3.19. The summed E-state index contributed by atoms with van der Waals surface area (Å²) in [6, 6.07) is 5.06. The standard InChI is InChI=1S/C15H14N2O3S/c1-8-14(12-7-21-9(2)16-12)15(20-17-8)11-5-4-10(19-3)6-13(11)18/h4-7,18H,1-3H3. The van der Waals surface area contributed by atoms with Crippen molar-refractivity contribution < 1.29 is 14.4 Å². The van der Waals surface area contributed by atoms with Crippen molar-refractivity contribution >= 4 is 11.3 Å². The molecule has 0 fully saturated rings. The fourth-order valence-corrected chi connectivity index (χ4v) is 2.77. The molecule has 0 aliphatic rings. The second-order valence-electron chi connectivity index (χ2n) is 4.61. The van der Waals surface area contributed by atoms with E-state index in [0.717, 1.165) is 22.0 Å². The van der Waals surface area contributed by atoms with Crippen molar-refractivity contribution in [2.45, 2.75) is 13.8 Å². The molecule has 0 radical (unpaired) electrons. The van der Waals surface area contributed by atoms with Crippen molar-refractivity contribution in [1.29, 1.82) is 0 Å². The average Bonchev–Trinajstić information content (AvgIpc) is 3.04. The molecule has 0 aliphatic heterocycles. The summed E-state index contributed by atoms with van der Waals surface area (Å²) >= 11 is 1.56. The fourth-order valence-electron chi connectivity index (χ4n) is 2.16. The summed E-state index contributed by atoms with van der Waals surface area (Å²) in [5.41, 5.74) is 2.92. The molecule has 1 aromatic carbocycles. The van der Waals surface area contributed by atoms with Crippen LogP contribution in [-0.2, 0) is 0 Å². The Labute approximate surface area is 125 Å². The summed E-state index contributed by atoms with van der Waals surface area (Å²) in [5, 5.41) is 17.1. The first-order valence-electron chi connectivity index (χ1n) is 6.36. The van der Waals surface area contributed by atoms with E-state index >= 15 is 0 Å². The Bertz CT molecular complexity index is 792. The van der Waals surface area contributed by atoms with E-state index in [9.17, 15) is 5.11 Å². The van der Waals surface area contributed by atoms with Gasteiger partial charge < -0.3 is 14.4 Å². The van der Waals surface area contributed by atoms with Crippen LogP contribution in [0.2, 0.25) is 0 Å². The van der Waals surface area contributed by atoms with Crippen LogP contribution in [0.5, 0.6) is 11.5 Å². The summed E-state index contributed by atoms with van der Waals surface area (Å²) < 4.78 is 10.5. The lowest BCUT2D eigenvalue weighted by Gasteiger charge is -2.05. The fraction of sp³-hybridized carbons (Fsp3) is 0.200. The minimum atomic E-state index is 0.0821. The molecule has 0 saturated carbocycles. The van der Waals surface area contributed by atoms with Gasteiger partial charge in [0.15, 0.2) is 5.76 Å². The maximum Gasteiger partial charge on any atom is 0.180 e. The van der Waals surface area contributed by atoms with E-state index in [4.69, 9.17) is 9.26 Å². The largest absolute Gasteiger partial charge is 0.507 e. The number of rotatable bonds is 3. The molecule has 0 saturated heterocycles. The molecule has 0 spiro atoms. The Morgan fingerprint density at radius 2 is 2.10 bits per heavy atom. The number of ether oxygens (including phenoxy) is 1. The average molecular weight is 302 g/mol. The molecule has 3 rings (SSSR count). The van der Waals surface area contributed by atoms with Gasteiger partial charge in [0.1, 0.15) is 11.5 Å². The van der Waals surface area contributed by atoms with Gasteiger partial charge in [0, 0.05) is 11.4 Å². The summed E-state index contributed by atoms with van der Waals surface area (Å²) in [7, 11) is 1.55. The summed E-state index contributed by atoms with van der Waals surface area (Å²) in [4.78, 5) is 4.48. The van der Waals surface area contributed by atoms with Crippen molar-refractivity contribution in [3.63, 3.8) is 0 Å². The molecule has 0 unspecified atom stereocenters. The molecule has 1 N–H and O–H groups in total. The van der Waals surface area contributed by atoms with Crippen molar-refractivity contribution in [3.05, 3.63) is 34.3 Å². The van der Waals surface area contributed by atoms with Gasteiger partial charge in [0.05, 0.1) is 34.6 Å². The lowest BCUT2D eigenvalue weighted by Crippen LogP contribution is -1.86. The number of benzene rings is 1. The lowest BCUT2D eigenvalue weighted by atomic mass is 10.0. The second kappa shape index (κ2) is 5.21. The van der Waals surface area contributed by atoms with Crippen molar-refractivity contribution in [3.8, 4) is 34.1 Å². The van der Waals surface area contributed by atoms with E-state index in [0.29, 0.717) is 17.1 Å². The maximum absolute atomic E-state index is 10.2. The number of methoxy groups -OCH3 is 1. The van der Waals surface area contributed by atoms with E-state index in [1.165, 1.54) is 0 Å². The first-order valence-corrected chi connectivity index (χ1v) is 7.24. The normalized spacial score (nSPS) is 10.8. The lowest BCUT2D eigenvalue weighted by molar-refractivity contribution is 0.405. The van der Waals surface area contributed by atoms with Crippen LogP contribution >= 0.6 is 11.3 Å². The number of hydrogen-bond donors (Lipinski definition) is 1. The van der Waals surface area contributed by atoms with Crippen LogP contribution in [-0.4, -0.2) is 22.4 Å². The Kier molecular flexibility index (Phi) is 3.39. The van der Waals surface area contributed by atoms with Crippen LogP contribution in [0.3, 0.4) is 0 Å². The Hall–Kier alpha value is -2.34. The van der Waals surface area contributed by atoms with Crippen LogP contribution in [0.1, 0.15) is 10.7 Å². The van der Waals surface area contributed by atoms with Gasteiger partial charge in [0.25, 0.3) is 0 Å². The van der Waals surface area contributed by atoms with Gasteiger partial charge in [0.2, 0.25) is 0 Å². The Balaban J connectivity index is 2.16. The van der Waals surface area contributed by atoms with E-state index < -0.39 is 0 Å². The highest BCUT2D eigenvalue weighted by Crippen LogP contribution is 2.40. The van der Waals surface area contributed by atoms with Gasteiger partial charge in [-0.25, -0.2) is 4.98 Å². The zero-order valence-corrected chi connectivity index (χ0v) is 12.7. The first-order chi connectivity index (χ1) is 10.1. The van der Waals surface area contributed by atoms with E-state index in [1.54, 1.807) is 36.6 Å². The Morgan fingerprint density at radius 1 is 1.29 bits per heavy atom. The number of aromatic nitrogens is 2. The molecule has 3 aromatic rings. The highest BCUT2D eigenvalue weighted by Gasteiger charge is 2.21. The third-order valence-corrected chi connectivity index (χ3v) is 3.96. The van der Waals surface area contributed by atoms with E-state index in [2.05, 4.69) is 10.1 Å². The topological polar surface area (TPSA) is 68.4 Å². The number of phenols is 1. The number of phenolic OH excluding ortho intramolecular Hbond substituents is 1. The van der Waals surface area contributed by atoms with Gasteiger partial charge in [-0.05, 0) is 26.0 Å². The van der Waals surface area contributed by atoms with E-state index in [1.807, 2.05) is 19.2 Å². The smallest absolute Gasteiger partial charge is 0.180 e. The molecule has 108 valence electrons. The summed E-state index contributed by atoms with van der Waals surface area (Å²) in [6.07, 6.45) is 0. The predicted molar refractivity (Wildman–Crippen MR) is 80.7 cm³/mol.